The van der Waals surface area contributed by atoms with Crippen molar-refractivity contribution in [2.45, 2.75) is 4.90 Å². The van der Waals surface area contributed by atoms with Crippen LogP contribution >= 0.6 is 27.7 Å². The van der Waals surface area contributed by atoms with Crippen molar-refractivity contribution in [3.8, 4) is 0 Å². The average molecular weight is 337 g/mol. The molecule has 0 radical (unpaired) electrons. The Kier molecular flexibility index (Phi) is 4.50. The Bertz CT molecular complexity index is 616. The van der Waals surface area contributed by atoms with Crippen LogP contribution in [0, 0.1) is 0 Å². The molecule has 2 aromatic carbocycles. The third-order valence-electron chi connectivity index (χ3n) is 2.61. The van der Waals surface area contributed by atoms with E-state index in [2.05, 4.69) is 21.2 Å². The summed E-state index contributed by atoms with van der Waals surface area (Å²) in [5.74, 6) is -0.154. The Labute approximate surface area is 124 Å². The molecule has 5 heteroatoms. The lowest BCUT2D eigenvalue weighted by Crippen LogP contribution is -2.14. The minimum absolute atomic E-state index is 0.154. The zero-order valence-electron chi connectivity index (χ0n) is 10.3. The Morgan fingerprint density at radius 3 is 2.68 bits per heavy atom. The van der Waals surface area contributed by atoms with E-state index in [0.29, 0.717) is 16.9 Å². The maximum Gasteiger partial charge on any atom is 0.256 e. The van der Waals surface area contributed by atoms with Gasteiger partial charge in [-0.15, -0.1) is 11.8 Å². The second-order valence-electron chi connectivity index (χ2n) is 3.89. The predicted molar refractivity (Wildman–Crippen MR) is 84.7 cm³/mol. The Morgan fingerprint density at radius 2 is 2.00 bits per heavy atom. The number of amides is 1. The highest BCUT2D eigenvalue weighted by Gasteiger charge is 2.11. The second-order valence-corrected chi connectivity index (χ2v) is 5.65. The van der Waals surface area contributed by atoms with Gasteiger partial charge >= 0.3 is 0 Å². The lowest BCUT2D eigenvalue weighted by molar-refractivity contribution is 0.102. The van der Waals surface area contributed by atoms with Crippen molar-refractivity contribution in [2.75, 3.05) is 17.3 Å². The molecular weight excluding hydrogens is 324 g/mol. The summed E-state index contributed by atoms with van der Waals surface area (Å²) >= 11 is 4.88. The van der Waals surface area contributed by atoms with Gasteiger partial charge in [-0.25, -0.2) is 0 Å². The molecule has 2 aromatic rings. The molecule has 0 saturated carbocycles. The summed E-state index contributed by atoms with van der Waals surface area (Å²) < 4.78 is 0.882. The van der Waals surface area contributed by atoms with Crippen LogP contribution in [0.3, 0.4) is 0 Å². The standard InChI is InChI=1S/C14H13BrN2OS/c1-19-13-5-3-2-4-10(13)14(18)17-12-7-6-9(15)8-11(12)16/h2-8H,16H2,1H3,(H,17,18). The Hall–Kier alpha value is -1.46. The number of nitrogens with two attached hydrogens (primary N) is 1. The maximum absolute atomic E-state index is 12.2. The van der Waals surface area contributed by atoms with Crippen molar-refractivity contribution >= 4 is 45.0 Å². The van der Waals surface area contributed by atoms with Gasteiger partial charge in [-0.3, -0.25) is 4.79 Å². The van der Waals surface area contributed by atoms with Gasteiger partial charge in [0.1, 0.15) is 0 Å². The summed E-state index contributed by atoms with van der Waals surface area (Å²) in [5, 5.41) is 2.83. The molecule has 0 atom stereocenters. The molecule has 3 nitrogen and oxygen atoms in total. The smallest absolute Gasteiger partial charge is 0.256 e. The fourth-order valence-corrected chi connectivity index (χ4v) is 2.64. The maximum atomic E-state index is 12.2. The SMILES string of the molecule is CSc1ccccc1C(=O)Nc1ccc(Br)cc1N. The van der Waals surface area contributed by atoms with Gasteiger partial charge in [0.15, 0.2) is 0 Å². The first kappa shape index (κ1) is 14.0. The van der Waals surface area contributed by atoms with Gasteiger partial charge in [-0.05, 0) is 36.6 Å². The van der Waals surface area contributed by atoms with Crippen molar-refractivity contribution in [1.29, 1.82) is 0 Å². The molecule has 98 valence electrons. The predicted octanol–water partition coefficient (Wildman–Crippen LogP) is 4.01. The molecule has 0 aromatic heterocycles. The molecule has 2 rings (SSSR count). The van der Waals surface area contributed by atoms with E-state index in [0.717, 1.165) is 9.37 Å². The molecule has 0 aliphatic carbocycles. The third kappa shape index (κ3) is 3.30. The number of thioether (sulfide) groups is 1. The first-order valence-corrected chi connectivity index (χ1v) is 7.63. The fraction of sp³-hybridized carbons (Fsp3) is 0.0714. The molecule has 0 fully saturated rings. The molecule has 0 bridgehead atoms. The molecule has 0 aliphatic rings. The topological polar surface area (TPSA) is 55.1 Å². The van der Waals surface area contributed by atoms with Crippen molar-refractivity contribution in [2.24, 2.45) is 0 Å². The van der Waals surface area contributed by atoms with Crippen molar-refractivity contribution < 1.29 is 4.79 Å². The summed E-state index contributed by atoms with van der Waals surface area (Å²) in [6, 6.07) is 12.9. The number of halogens is 1. The number of hydrogen-bond acceptors (Lipinski definition) is 3. The average Bonchev–Trinajstić information content (AvgIpc) is 2.41. The minimum atomic E-state index is -0.154. The Morgan fingerprint density at radius 1 is 1.26 bits per heavy atom. The van der Waals surface area contributed by atoms with E-state index < -0.39 is 0 Å². The van der Waals surface area contributed by atoms with E-state index >= 15 is 0 Å². The molecule has 0 aliphatic heterocycles. The van der Waals surface area contributed by atoms with Gasteiger partial charge in [0.05, 0.1) is 16.9 Å². The molecule has 3 N–H and O–H groups in total. The van der Waals surface area contributed by atoms with Crippen molar-refractivity contribution in [1.82, 2.24) is 0 Å². The highest BCUT2D eigenvalue weighted by atomic mass is 79.9. The van der Waals surface area contributed by atoms with E-state index in [1.807, 2.05) is 30.5 Å². The van der Waals surface area contributed by atoms with Gasteiger partial charge in [0.2, 0.25) is 0 Å². The molecule has 0 spiro atoms. The lowest BCUT2D eigenvalue weighted by atomic mass is 10.2. The van der Waals surface area contributed by atoms with Crippen LogP contribution in [0.15, 0.2) is 51.8 Å². The normalized spacial score (nSPS) is 10.2. The van der Waals surface area contributed by atoms with Gasteiger partial charge < -0.3 is 11.1 Å². The summed E-state index contributed by atoms with van der Waals surface area (Å²) in [7, 11) is 0. The number of carbonyl (C=O) groups excluding carboxylic acids is 1. The number of carbonyl (C=O) groups is 1. The van der Waals surface area contributed by atoms with E-state index in [-0.39, 0.29) is 5.91 Å². The van der Waals surface area contributed by atoms with Crippen LogP contribution in [0.5, 0.6) is 0 Å². The van der Waals surface area contributed by atoms with E-state index in [4.69, 9.17) is 5.73 Å². The zero-order valence-corrected chi connectivity index (χ0v) is 12.7. The molecule has 0 saturated heterocycles. The van der Waals surface area contributed by atoms with Crippen LogP contribution in [0.4, 0.5) is 11.4 Å². The number of hydrogen-bond donors (Lipinski definition) is 2. The monoisotopic (exact) mass is 336 g/mol. The van der Waals surface area contributed by atoms with E-state index in [1.54, 1.807) is 30.0 Å². The molecule has 0 unspecified atom stereocenters. The number of rotatable bonds is 3. The zero-order chi connectivity index (χ0) is 13.8. The first-order chi connectivity index (χ1) is 9.11. The highest BCUT2D eigenvalue weighted by Crippen LogP contribution is 2.25. The quantitative estimate of drug-likeness (QED) is 0.657. The minimum Gasteiger partial charge on any atom is -0.397 e. The van der Waals surface area contributed by atoms with E-state index in [1.165, 1.54) is 0 Å². The molecule has 0 heterocycles. The largest absolute Gasteiger partial charge is 0.397 e. The summed E-state index contributed by atoms with van der Waals surface area (Å²) in [6.45, 7) is 0. The molecular formula is C14H13BrN2OS. The number of anilines is 2. The number of benzene rings is 2. The summed E-state index contributed by atoms with van der Waals surface area (Å²) in [6.07, 6.45) is 1.94. The van der Waals surface area contributed by atoms with Crippen LogP contribution in [0.1, 0.15) is 10.4 Å². The van der Waals surface area contributed by atoms with Crippen LogP contribution in [-0.4, -0.2) is 12.2 Å². The third-order valence-corrected chi connectivity index (χ3v) is 3.90. The van der Waals surface area contributed by atoms with Crippen LogP contribution in [-0.2, 0) is 0 Å². The second kappa shape index (κ2) is 6.12. The van der Waals surface area contributed by atoms with Crippen molar-refractivity contribution in [3.63, 3.8) is 0 Å². The van der Waals surface area contributed by atoms with Crippen molar-refractivity contribution in [3.05, 3.63) is 52.5 Å². The van der Waals surface area contributed by atoms with Gasteiger partial charge in [-0.1, -0.05) is 28.1 Å². The Balaban J connectivity index is 2.26. The van der Waals surface area contributed by atoms with Gasteiger partial charge in [0, 0.05) is 9.37 Å². The van der Waals surface area contributed by atoms with Crippen LogP contribution in [0.2, 0.25) is 0 Å². The van der Waals surface area contributed by atoms with Gasteiger partial charge in [-0.2, -0.15) is 0 Å². The van der Waals surface area contributed by atoms with Gasteiger partial charge in [0.25, 0.3) is 5.91 Å². The highest BCUT2D eigenvalue weighted by molar-refractivity contribution is 9.10. The summed E-state index contributed by atoms with van der Waals surface area (Å²) in [4.78, 5) is 13.2. The summed E-state index contributed by atoms with van der Waals surface area (Å²) in [5.41, 5.74) is 7.67. The fourth-order valence-electron chi connectivity index (χ4n) is 1.67. The lowest BCUT2D eigenvalue weighted by Gasteiger charge is -2.10. The number of nitrogens with one attached hydrogen (secondary N) is 1. The molecule has 1 amide bonds. The number of nitrogen functional groups attached to an aromatic ring is 1. The van der Waals surface area contributed by atoms with E-state index in [9.17, 15) is 4.79 Å². The first-order valence-electron chi connectivity index (χ1n) is 5.61. The van der Waals surface area contributed by atoms with Crippen LogP contribution < -0.4 is 11.1 Å². The molecule has 19 heavy (non-hydrogen) atoms. The van der Waals surface area contributed by atoms with Crippen LogP contribution in [0.25, 0.3) is 0 Å².